The van der Waals surface area contributed by atoms with Crippen molar-refractivity contribution in [2.45, 2.75) is 19.4 Å². The summed E-state index contributed by atoms with van der Waals surface area (Å²) in [6.45, 7) is 0.981. The molecule has 0 spiro atoms. The first-order valence-electron chi connectivity index (χ1n) is 7.35. The van der Waals surface area contributed by atoms with Gasteiger partial charge in [0.2, 0.25) is 5.91 Å². The van der Waals surface area contributed by atoms with Crippen LogP contribution >= 0.6 is 0 Å². The lowest BCUT2D eigenvalue weighted by Crippen LogP contribution is -2.26. The number of hydrogen-bond acceptors (Lipinski definition) is 5. The zero-order chi connectivity index (χ0) is 16.8. The molecule has 0 aromatic heterocycles. The molecule has 1 aliphatic rings. The second-order valence-corrected chi connectivity index (χ2v) is 5.17. The van der Waals surface area contributed by atoms with Crippen molar-refractivity contribution in [1.29, 1.82) is 0 Å². The fourth-order valence-corrected chi connectivity index (χ4v) is 2.47. The highest BCUT2D eigenvalue weighted by Crippen LogP contribution is 2.27. The number of esters is 1. The fraction of sp³-hybridized carbons (Fsp3) is 0.412. The van der Waals surface area contributed by atoms with Gasteiger partial charge in [-0.25, -0.2) is 0 Å². The lowest BCUT2D eigenvalue weighted by atomic mass is 10.1. The monoisotopic (exact) mass is 319 g/mol. The molecule has 0 N–H and O–H groups in total. The molecule has 0 unspecified atom stereocenters. The van der Waals surface area contributed by atoms with Gasteiger partial charge in [-0.1, -0.05) is 6.08 Å². The van der Waals surface area contributed by atoms with Crippen molar-refractivity contribution in [3.63, 3.8) is 0 Å². The lowest BCUT2D eigenvalue weighted by molar-refractivity contribution is -0.140. The van der Waals surface area contributed by atoms with Crippen LogP contribution in [0.1, 0.15) is 18.4 Å². The minimum Gasteiger partial charge on any atom is -0.497 e. The molecule has 0 saturated carbocycles. The molecular formula is C17H21NO5. The van der Waals surface area contributed by atoms with E-state index in [4.69, 9.17) is 9.47 Å². The molecule has 23 heavy (non-hydrogen) atoms. The first-order chi connectivity index (χ1) is 11.1. The van der Waals surface area contributed by atoms with Gasteiger partial charge >= 0.3 is 5.97 Å². The number of amides is 1. The van der Waals surface area contributed by atoms with Crippen LogP contribution in [0.4, 0.5) is 0 Å². The van der Waals surface area contributed by atoms with Crippen LogP contribution in [0.3, 0.4) is 0 Å². The van der Waals surface area contributed by atoms with Crippen LogP contribution in [0.25, 0.3) is 0 Å². The van der Waals surface area contributed by atoms with E-state index in [2.05, 4.69) is 4.74 Å². The third-order valence-corrected chi connectivity index (χ3v) is 3.80. The second kappa shape index (κ2) is 7.67. The molecule has 124 valence electrons. The Kier molecular flexibility index (Phi) is 5.62. The summed E-state index contributed by atoms with van der Waals surface area (Å²) in [5.41, 5.74) is 1.56. The molecule has 0 bridgehead atoms. The molecule has 0 aliphatic carbocycles. The number of rotatable bonds is 7. The topological polar surface area (TPSA) is 65.1 Å². The summed E-state index contributed by atoms with van der Waals surface area (Å²) >= 11 is 0. The average Bonchev–Trinajstić information content (AvgIpc) is 2.93. The summed E-state index contributed by atoms with van der Waals surface area (Å²) in [5.74, 6) is 1.02. The van der Waals surface area contributed by atoms with Crippen molar-refractivity contribution in [2.24, 2.45) is 0 Å². The Morgan fingerprint density at radius 1 is 1.22 bits per heavy atom. The van der Waals surface area contributed by atoms with Gasteiger partial charge in [0.1, 0.15) is 11.5 Å². The Bertz CT molecular complexity index is 623. The molecule has 6 heteroatoms. The van der Waals surface area contributed by atoms with Crippen molar-refractivity contribution >= 4 is 11.9 Å². The Hall–Kier alpha value is -2.50. The maximum atomic E-state index is 12.4. The summed E-state index contributed by atoms with van der Waals surface area (Å²) in [7, 11) is 4.52. The van der Waals surface area contributed by atoms with Gasteiger partial charge in [-0.3, -0.25) is 9.59 Å². The maximum Gasteiger partial charge on any atom is 0.305 e. The summed E-state index contributed by atoms with van der Waals surface area (Å²) in [5, 5.41) is 0. The predicted octanol–water partition coefficient (Wildman–Crippen LogP) is 1.93. The summed E-state index contributed by atoms with van der Waals surface area (Å²) in [4.78, 5) is 25.3. The molecule has 1 aliphatic heterocycles. The van der Waals surface area contributed by atoms with Crippen molar-refractivity contribution in [3.8, 4) is 11.5 Å². The minimum absolute atomic E-state index is 0.0493. The van der Waals surface area contributed by atoms with Gasteiger partial charge in [-0.15, -0.1) is 0 Å². The van der Waals surface area contributed by atoms with E-state index in [0.29, 0.717) is 36.6 Å². The molecule has 1 aromatic rings. The highest BCUT2D eigenvalue weighted by atomic mass is 16.5. The molecule has 1 amide bonds. The van der Waals surface area contributed by atoms with Crippen LogP contribution in [0, 0.1) is 0 Å². The zero-order valence-corrected chi connectivity index (χ0v) is 13.6. The molecule has 1 aromatic carbocycles. The molecular weight excluding hydrogens is 298 g/mol. The second-order valence-electron chi connectivity index (χ2n) is 5.17. The van der Waals surface area contributed by atoms with Crippen molar-refractivity contribution in [2.75, 3.05) is 27.9 Å². The van der Waals surface area contributed by atoms with Crippen molar-refractivity contribution < 1.29 is 23.8 Å². The zero-order valence-electron chi connectivity index (χ0n) is 13.6. The Morgan fingerprint density at radius 3 is 2.65 bits per heavy atom. The van der Waals surface area contributed by atoms with E-state index in [9.17, 15) is 9.59 Å². The van der Waals surface area contributed by atoms with E-state index in [1.54, 1.807) is 25.2 Å². The largest absolute Gasteiger partial charge is 0.497 e. The number of carbonyl (C=O) groups is 2. The highest BCUT2D eigenvalue weighted by Gasteiger charge is 2.25. The SMILES string of the molecule is COC(=O)CCC1=CCN(Cc2ccc(OC)cc2OC)C1=O. The molecule has 6 nitrogen and oxygen atoms in total. The summed E-state index contributed by atoms with van der Waals surface area (Å²) in [6, 6.07) is 5.52. The highest BCUT2D eigenvalue weighted by molar-refractivity contribution is 5.96. The van der Waals surface area contributed by atoms with E-state index in [0.717, 1.165) is 5.56 Å². The van der Waals surface area contributed by atoms with Gasteiger partial charge in [0.15, 0.2) is 0 Å². The van der Waals surface area contributed by atoms with Crippen LogP contribution in [0.2, 0.25) is 0 Å². The Labute approximate surface area is 135 Å². The third-order valence-electron chi connectivity index (χ3n) is 3.80. The number of nitrogens with zero attached hydrogens (tertiary/aromatic N) is 1. The smallest absolute Gasteiger partial charge is 0.305 e. The van der Waals surface area contributed by atoms with Gasteiger partial charge in [-0.2, -0.15) is 0 Å². The van der Waals surface area contributed by atoms with E-state index >= 15 is 0 Å². The number of carbonyl (C=O) groups excluding carboxylic acids is 2. The normalized spacial score (nSPS) is 13.8. The van der Waals surface area contributed by atoms with Crippen molar-refractivity contribution in [1.82, 2.24) is 4.90 Å². The first kappa shape index (κ1) is 16.9. The molecule has 0 radical (unpaired) electrons. The van der Waals surface area contributed by atoms with Gasteiger partial charge in [-0.05, 0) is 18.6 Å². The molecule has 0 fully saturated rings. The summed E-state index contributed by atoms with van der Waals surface area (Å²) in [6.07, 6.45) is 2.48. The molecule has 0 saturated heterocycles. The number of benzene rings is 1. The molecule has 0 atom stereocenters. The van der Waals surface area contributed by atoms with E-state index in [1.807, 2.05) is 18.2 Å². The van der Waals surface area contributed by atoms with Crippen LogP contribution in [0.5, 0.6) is 11.5 Å². The van der Waals surface area contributed by atoms with Gasteiger partial charge in [0.05, 0.1) is 21.3 Å². The first-order valence-corrected chi connectivity index (χ1v) is 7.35. The summed E-state index contributed by atoms with van der Waals surface area (Å²) < 4.78 is 15.1. The van der Waals surface area contributed by atoms with Crippen molar-refractivity contribution in [3.05, 3.63) is 35.4 Å². The fourth-order valence-electron chi connectivity index (χ4n) is 2.47. The van der Waals surface area contributed by atoms with Crippen LogP contribution < -0.4 is 9.47 Å². The van der Waals surface area contributed by atoms with Crippen LogP contribution in [-0.4, -0.2) is 44.7 Å². The van der Waals surface area contributed by atoms with Gasteiger partial charge in [0, 0.05) is 36.7 Å². The molecule has 2 rings (SSSR count). The minimum atomic E-state index is -0.311. The third kappa shape index (κ3) is 4.03. The van der Waals surface area contributed by atoms with Gasteiger partial charge < -0.3 is 19.1 Å². The standard InChI is InChI=1S/C17H21NO5/c1-21-14-6-4-13(15(10-14)22-2)11-18-9-8-12(17(18)20)5-7-16(19)23-3/h4,6,8,10H,5,7,9,11H2,1-3H3. The van der Waals surface area contributed by atoms with Gasteiger partial charge in [0.25, 0.3) is 0 Å². The molecule has 1 heterocycles. The number of ether oxygens (including phenoxy) is 3. The quantitative estimate of drug-likeness (QED) is 0.719. The lowest BCUT2D eigenvalue weighted by Gasteiger charge is -2.19. The van der Waals surface area contributed by atoms with E-state index < -0.39 is 0 Å². The Balaban J connectivity index is 2.00. The maximum absolute atomic E-state index is 12.4. The van der Waals surface area contributed by atoms with Crippen LogP contribution in [-0.2, 0) is 20.9 Å². The van der Waals surface area contributed by atoms with E-state index in [-0.39, 0.29) is 18.3 Å². The Morgan fingerprint density at radius 2 is 2.00 bits per heavy atom. The number of methoxy groups -OCH3 is 3. The van der Waals surface area contributed by atoms with Crippen LogP contribution in [0.15, 0.2) is 29.8 Å². The number of hydrogen-bond donors (Lipinski definition) is 0. The van der Waals surface area contributed by atoms with E-state index in [1.165, 1.54) is 7.11 Å². The predicted molar refractivity (Wildman–Crippen MR) is 84.3 cm³/mol. The average molecular weight is 319 g/mol.